The van der Waals surface area contributed by atoms with Gasteiger partial charge in [-0.05, 0) is 18.3 Å². The fraction of sp³-hybridized carbons (Fsp3) is 0.917. The standard InChI is InChI=1S/C12H26N2O2/c1-5-10(15)8-14-11(16)6-9(13)7-12(2,3)4/h9-10,15H,5-8,13H2,1-4H3,(H,14,16). The van der Waals surface area contributed by atoms with Gasteiger partial charge in [-0.25, -0.2) is 0 Å². The second kappa shape index (κ2) is 6.86. The fourth-order valence-electron chi connectivity index (χ4n) is 1.55. The number of nitrogens with one attached hydrogen (secondary N) is 1. The number of hydrogen-bond donors (Lipinski definition) is 3. The largest absolute Gasteiger partial charge is 0.391 e. The quantitative estimate of drug-likeness (QED) is 0.638. The number of rotatable bonds is 6. The maximum Gasteiger partial charge on any atom is 0.221 e. The minimum atomic E-state index is -0.456. The lowest BCUT2D eigenvalue weighted by molar-refractivity contribution is -0.122. The molecule has 0 aromatic rings. The molecule has 0 radical (unpaired) electrons. The molecule has 0 saturated heterocycles. The third-order valence-electron chi connectivity index (χ3n) is 2.33. The first kappa shape index (κ1) is 15.4. The van der Waals surface area contributed by atoms with Gasteiger partial charge in [-0.1, -0.05) is 27.7 Å². The van der Waals surface area contributed by atoms with Gasteiger partial charge in [-0.3, -0.25) is 4.79 Å². The summed E-state index contributed by atoms with van der Waals surface area (Å²) in [5.74, 6) is -0.0794. The van der Waals surface area contributed by atoms with E-state index in [0.717, 1.165) is 6.42 Å². The Hall–Kier alpha value is -0.610. The molecule has 2 unspecified atom stereocenters. The molecule has 4 heteroatoms. The number of carbonyl (C=O) groups excluding carboxylic acids is 1. The smallest absolute Gasteiger partial charge is 0.221 e. The van der Waals surface area contributed by atoms with Gasteiger partial charge in [0.15, 0.2) is 0 Å². The first-order valence-corrected chi connectivity index (χ1v) is 5.95. The van der Waals surface area contributed by atoms with Crippen molar-refractivity contribution in [3.8, 4) is 0 Å². The van der Waals surface area contributed by atoms with E-state index in [-0.39, 0.29) is 17.4 Å². The number of hydrogen-bond acceptors (Lipinski definition) is 3. The van der Waals surface area contributed by atoms with Crippen LogP contribution in [0.1, 0.15) is 47.0 Å². The molecule has 0 spiro atoms. The van der Waals surface area contributed by atoms with E-state index in [2.05, 4.69) is 26.1 Å². The molecule has 0 bridgehead atoms. The normalized spacial score (nSPS) is 15.6. The van der Waals surface area contributed by atoms with Crippen LogP contribution in [0.3, 0.4) is 0 Å². The molecule has 0 saturated carbocycles. The first-order chi connectivity index (χ1) is 7.24. The van der Waals surface area contributed by atoms with E-state index in [1.807, 2.05) is 6.92 Å². The maximum atomic E-state index is 11.5. The molecule has 16 heavy (non-hydrogen) atoms. The summed E-state index contributed by atoms with van der Waals surface area (Å²) in [7, 11) is 0. The van der Waals surface area contributed by atoms with Gasteiger partial charge < -0.3 is 16.2 Å². The summed E-state index contributed by atoms with van der Waals surface area (Å²) in [5, 5.41) is 12.0. The van der Waals surface area contributed by atoms with Crippen molar-refractivity contribution >= 4 is 5.91 Å². The maximum absolute atomic E-state index is 11.5. The Balaban J connectivity index is 3.79. The third kappa shape index (κ3) is 8.68. The summed E-state index contributed by atoms with van der Waals surface area (Å²) in [5.41, 5.74) is 6.02. The van der Waals surface area contributed by atoms with Gasteiger partial charge in [-0.2, -0.15) is 0 Å². The molecule has 4 nitrogen and oxygen atoms in total. The number of aliphatic hydroxyl groups excluding tert-OH is 1. The van der Waals surface area contributed by atoms with E-state index in [1.165, 1.54) is 0 Å². The highest BCUT2D eigenvalue weighted by molar-refractivity contribution is 5.76. The average molecular weight is 230 g/mol. The minimum Gasteiger partial charge on any atom is -0.391 e. The van der Waals surface area contributed by atoms with Crippen molar-refractivity contribution in [3.05, 3.63) is 0 Å². The molecule has 0 heterocycles. The lowest BCUT2D eigenvalue weighted by atomic mass is 9.87. The zero-order valence-corrected chi connectivity index (χ0v) is 10.9. The lowest BCUT2D eigenvalue weighted by Gasteiger charge is -2.22. The minimum absolute atomic E-state index is 0.0794. The number of carbonyl (C=O) groups is 1. The van der Waals surface area contributed by atoms with E-state index in [0.29, 0.717) is 19.4 Å². The zero-order chi connectivity index (χ0) is 12.8. The molecule has 0 rings (SSSR count). The van der Waals surface area contributed by atoms with Crippen LogP contribution in [0.4, 0.5) is 0 Å². The van der Waals surface area contributed by atoms with Crippen LogP contribution in [0.2, 0.25) is 0 Å². The molecule has 4 N–H and O–H groups in total. The van der Waals surface area contributed by atoms with Gasteiger partial charge in [0.05, 0.1) is 6.10 Å². The predicted molar refractivity (Wildman–Crippen MR) is 66.0 cm³/mol. The van der Waals surface area contributed by atoms with Gasteiger partial charge in [-0.15, -0.1) is 0 Å². The first-order valence-electron chi connectivity index (χ1n) is 5.95. The van der Waals surface area contributed by atoms with E-state index >= 15 is 0 Å². The Morgan fingerprint density at radius 3 is 2.44 bits per heavy atom. The molecule has 0 aromatic heterocycles. The predicted octanol–water partition coefficient (Wildman–Crippen LogP) is 1.03. The van der Waals surface area contributed by atoms with E-state index in [1.54, 1.807) is 0 Å². The summed E-state index contributed by atoms with van der Waals surface area (Å²) in [6.45, 7) is 8.50. The Bertz CT molecular complexity index is 212. The monoisotopic (exact) mass is 230 g/mol. The molecular formula is C12H26N2O2. The second-order valence-electron chi connectivity index (χ2n) is 5.60. The molecule has 1 amide bonds. The van der Waals surface area contributed by atoms with Crippen molar-refractivity contribution in [1.29, 1.82) is 0 Å². The fourth-order valence-corrected chi connectivity index (χ4v) is 1.55. The molecule has 0 aromatic carbocycles. The molecule has 96 valence electrons. The van der Waals surface area contributed by atoms with Crippen molar-refractivity contribution in [3.63, 3.8) is 0 Å². The summed E-state index contributed by atoms with van der Waals surface area (Å²) < 4.78 is 0. The van der Waals surface area contributed by atoms with Crippen LogP contribution < -0.4 is 11.1 Å². The molecule has 0 aliphatic carbocycles. The Morgan fingerprint density at radius 2 is 2.00 bits per heavy atom. The number of nitrogens with two attached hydrogens (primary N) is 1. The van der Waals surface area contributed by atoms with E-state index in [4.69, 9.17) is 5.73 Å². The van der Waals surface area contributed by atoms with Crippen molar-refractivity contribution in [2.45, 2.75) is 59.1 Å². The van der Waals surface area contributed by atoms with Crippen LogP contribution in [0.15, 0.2) is 0 Å². The van der Waals surface area contributed by atoms with Crippen LogP contribution in [-0.4, -0.2) is 29.7 Å². The van der Waals surface area contributed by atoms with Gasteiger partial charge in [0.25, 0.3) is 0 Å². The van der Waals surface area contributed by atoms with Gasteiger partial charge in [0, 0.05) is 19.0 Å². The van der Waals surface area contributed by atoms with Gasteiger partial charge in [0.2, 0.25) is 5.91 Å². The topological polar surface area (TPSA) is 75.3 Å². The molecular weight excluding hydrogens is 204 g/mol. The SMILES string of the molecule is CCC(O)CNC(=O)CC(N)CC(C)(C)C. The lowest BCUT2D eigenvalue weighted by Crippen LogP contribution is -2.37. The zero-order valence-electron chi connectivity index (χ0n) is 10.9. The molecule has 0 aliphatic rings. The number of aliphatic hydroxyl groups is 1. The van der Waals surface area contributed by atoms with Crippen LogP contribution >= 0.6 is 0 Å². The summed E-state index contributed by atoms with van der Waals surface area (Å²) in [6.07, 6.45) is 1.33. The van der Waals surface area contributed by atoms with E-state index in [9.17, 15) is 9.90 Å². The van der Waals surface area contributed by atoms with Crippen molar-refractivity contribution in [2.75, 3.05) is 6.54 Å². The van der Waals surface area contributed by atoms with Crippen LogP contribution in [-0.2, 0) is 4.79 Å². The summed E-state index contributed by atoms with van der Waals surface area (Å²) in [6, 6.07) is -0.112. The highest BCUT2D eigenvalue weighted by Gasteiger charge is 2.18. The molecule has 0 aliphatic heterocycles. The van der Waals surface area contributed by atoms with E-state index < -0.39 is 6.10 Å². The Kier molecular flexibility index (Phi) is 6.60. The molecule has 2 atom stereocenters. The van der Waals surface area contributed by atoms with Crippen LogP contribution in [0, 0.1) is 5.41 Å². The van der Waals surface area contributed by atoms with Crippen LogP contribution in [0.25, 0.3) is 0 Å². The van der Waals surface area contributed by atoms with Crippen molar-refractivity contribution in [2.24, 2.45) is 11.1 Å². The summed E-state index contributed by atoms with van der Waals surface area (Å²) >= 11 is 0. The van der Waals surface area contributed by atoms with Crippen molar-refractivity contribution < 1.29 is 9.90 Å². The third-order valence-corrected chi connectivity index (χ3v) is 2.33. The Morgan fingerprint density at radius 1 is 1.44 bits per heavy atom. The second-order valence-corrected chi connectivity index (χ2v) is 5.60. The Labute approximate surface area is 98.6 Å². The number of amides is 1. The molecule has 0 fully saturated rings. The van der Waals surface area contributed by atoms with Gasteiger partial charge >= 0.3 is 0 Å². The summed E-state index contributed by atoms with van der Waals surface area (Å²) in [4.78, 5) is 11.5. The van der Waals surface area contributed by atoms with Gasteiger partial charge in [0.1, 0.15) is 0 Å². The highest BCUT2D eigenvalue weighted by Crippen LogP contribution is 2.20. The van der Waals surface area contributed by atoms with Crippen molar-refractivity contribution in [1.82, 2.24) is 5.32 Å². The average Bonchev–Trinajstić information content (AvgIpc) is 2.10. The van der Waals surface area contributed by atoms with Crippen LogP contribution in [0.5, 0.6) is 0 Å². The highest BCUT2D eigenvalue weighted by atomic mass is 16.3.